The largest absolute Gasteiger partial charge is 0.481 e. The SMILES string of the molecule is O=C(Cn1cnnn1)NC1C2CCC(C2)C1C(=O)O. The summed E-state index contributed by atoms with van der Waals surface area (Å²) in [6, 6.07) is -0.250. The van der Waals surface area contributed by atoms with Gasteiger partial charge in [-0.15, -0.1) is 5.10 Å². The number of carboxylic acids is 1. The normalized spacial score (nSPS) is 32.4. The number of hydrogen-bond acceptors (Lipinski definition) is 5. The van der Waals surface area contributed by atoms with E-state index in [9.17, 15) is 14.7 Å². The lowest BCUT2D eigenvalue weighted by Crippen LogP contribution is -2.47. The molecular weight excluding hydrogens is 250 g/mol. The summed E-state index contributed by atoms with van der Waals surface area (Å²) in [6.45, 7) is 0.0211. The first kappa shape index (κ1) is 12.1. The van der Waals surface area contributed by atoms with Gasteiger partial charge in [-0.25, -0.2) is 4.68 Å². The van der Waals surface area contributed by atoms with Gasteiger partial charge in [-0.05, 0) is 41.5 Å². The van der Waals surface area contributed by atoms with Crippen LogP contribution in [0, 0.1) is 17.8 Å². The standard InChI is InChI=1S/C11H15N5O3/c17-8(4-16-5-12-14-15-16)13-10-7-2-1-6(3-7)9(10)11(18)19/h5-7,9-10H,1-4H2,(H,13,17)(H,18,19). The molecule has 1 heterocycles. The lowest BCUT2D eigenvalue weighted by atomic mass is 9.84. The molecule has 0 aromatic carbocycles. The molecule has 19 heavy (non-hydrogen) atoms. The first-order chi connectivity index (χ1) is 9.15. The number of nitrogens with one attached hydrogen (secondary N) is 1. The first-order valence-corrected chi connectivity index (χ1v) is 6.38. The minimum atomic E-state index is -0.806. The second-order valence-corrected chi connectivity index (χ2v) is 5.30. The van der Waals surface area contributed by atoms with Crippen molar-refractivity contribution in [3.8, 4) is 0 Å². The summed E-state index contributed by atoms with van der Waals surface area (Å²) >= 11 is 0. The number of tetrazole rings is 1. The lowest BCUT2D eigenvalue weighted by Gasteiger charge is -2.28. The van der Waals surface area contributed by atoms with E-state index in [4.69, 9.17) is 0 Å². The second-order valence-electron chi connectivity index (χ2n) is 5.30. The summed E-state index contributed by atoms with van der Waals surface area (Å²) < 4.78 is 1.32. The molecule has 1 aromatic heterocycles. The van der Waals surface area contributed by atoms with Crippen LogP contribution in [0.4, 0.5) is 0 Å². The maximum atomic E-state index is 11.9. The Morgan fingerprint density at radius 3 is 2.84 bits per heavy atom. The monoisotopic (exact) mass is 265 g/mol. The van der Waals surface area contributed by atoms with E-state index < -0.39 is 11.9 Å². The fraction of sp³-hybridized carbons (Fsp3) is 0.727. The summed E-state index contributed by atoms with van der Waals surface area (Å²) in [5, 5.41) is 22.6. The van der Waals surface area contributed by atoms with Crippen molar-refractivity contribution in [2.24, 2.45) is 17.8 Å². The van der Waals surface area contributed by atoms with Gasteiger partial charge in [0.1, 0.15) is 12.9 Å². The number of carboxylic acid groups (broad SMARTS) is 1. The Bertz CT molecular complexity index is 489. The molecule has 1 amide bonds. The highest BCUT2D eigenvalue weighted by molar-refractivity contribution is 5.78. The first-order valence-electron chi connectivity index (χ1n) is 6.38. The lowest BCUT2D eigenvalue weighted by molar-refractivity contribution is -0.144. The number of carbonyl (C=O) groups is 2. The van der Waals surface area contributed by atoms with Crippen LogP contribution in [0.25, 0.3) is 0 Å². The van der Waals surface area contributed by atoms with Crippen LogP contribution in [0.3, 0.4) is 0 Å². The molecule has 2 aliphatic carbocycles. The van der Waals surface area contributed by atoms with Crippen LogP contribution in [0.2, 0.25) is 0 Å². The van der Waals surface area contributed by atoms with Gasteiger partial charge < -0.3 is 10.4 Å². The molecule has 2 bridgehead atoms. The van der Waals surface area contributed by atoms with Gasteiger partial charge in [0.05, 0.1) is 5.92 Å². The van der Waals surface area contributed by atoms with Gasteiger partial charge in [0, 0.05) is 6.04 Å². The number of rotatable bonds is 4. The Kier molecular flexibility index (Phi) is 2.92. The van der Waals surface area contributed by atoms with Gasteiger partial charge in [-0.2, -0.15) is 0 Å². The predicted octanol–water partition coefficient (Wildman–Crippen LogP) is -0.711. The quantitative estimate of drug-likeness (QED) is 0.744. The van der Waals surface area contributed by atoms with Gasteiger partial charge in [0.25, 0.3) is 0 Å². The average molecular weight is 265 g/mol. The number of fused-ring (bicyclic) bond motifs is 2. The van der Waals surface area contributed by atoms with Crippen LogP contribution in [0.1, 0.15) is 19.3 Å². The molecule has 8 heteroatoms. The van der Waals surface area contributed by atoms with Crippen molar-refractivity contribution in [3.63, 3.8) is 0 Å². The number of carbonyl (C=O) groups excluding carboxylic acids is 1. The number of nitrogens with zero attached hydrogens (tertiary/aromatic N) is 4. The van der Waals surface area contributed by atoms with E-state index in [1.54, 1.807) is 0 Å². The summed E-state index contributed by atoms with van der Waals surface area (Å²) in [5.74, 6) is -0.989. The molecule has 0 spiro atoms. The zero-order valence-corrected chi connectivity index (χ0v) is 10.3. The molecule has 4 atom stereocenters. The van der Waals surface area contributed by atoms with Gasteiger partial charge in [-0.3, -0.25) is 9.59 Å². The summed E-state index contributed by atoms with van der Waals surface area (Å²) in [7, 11) is 0. The zero-order valence-electron chi connectivity index (χ0n) is 10.3. The topological polar surface area (TPSA) is 110 Å². The molecule has 8 nitrogen and oxygen atoms in total. The van der Waals surface area contributed by atoms with Crippen LogP contribution < -0.4 is 5.32 Å². The van der Waals surface area contributed by atoms with Gasteiger partial charge in [0.15, 0.2) is 0 Å². The minimum Gasteiger partial charge on any atom is -0.481 e. The predicted molar refractivity (Wildman–Crippen MR) is 61.7 cm³/mol. The minimum absolute atomic E-state index is 0.0211. The fourth-order valence-electron chi connectivity index (χ4n) is 3.49. The van der Waals surface area contributed by atoms with Gasteiger partial charge in [-0.1, -0.05) is 0 Å². The fourth-order valence-corrected chi connectivity index (χ4v) is 3.49. The van der Waals surface area contributed by atoms with Crippen molar-refractivity contribution in [3.05, 3.63) is 6.33 Å². The Labute approximate surface area is 109 Å². The van der Waals surface area contributed by atoms with Crippen LogP contribution in [-0.4, -0.2) is 43.2 Å². The highest BCUT2D eigenvalue weighted by Crippen LogP contribution is 2.48. The van der Waals surface area contributed by atoms with E-state index in [1.165, 1.54) is 11.0 Å². The third kappa shape index (κ3) is 2.18. The van der Waals surface area contributed by atoms with Crippen LogP contribution in [-0.2, 0) is 16.1 Å². The molecule has 0 radical (unpaired) electrons. The third-order valence-electron chi connectivity index (χ3n) is 4.23. The van der Waals surface area contributed by atoms with Crippen molar-refractivity contribution in [1.29, 1.82) is 0 Å². The van der Waals surface area contributed by atoms with Crippen molar-refractivity contribution >= 4 is 11.9 Å². The van der Waals surface area contributed by atoms with Crippen molar-refractivity contribution < 1.29 is 14.7 Å². The average Bonchev–Trinajstić information content (AvgIpc) is 3.03. The number of hydrogen-bond donors (Lipinski definition) is 2. The molecule has 2 aliphatic rings. The molecule has 3 rings (SSSR count). The number of amides is 1. The van der Waals surface area contributed by atoms with E-state index in [2.05, 4.69) is 20.8 Å². The zero-order chi connectivity index (χ0) is 13.4. The maximum absolute atomic E-state index is 11.9. The second kappa shape index (κ2) is 4.60. The van der Waals surface area contributed by atoms with E-state index >= 15 is 0 Å². The van der Waals surface area contributed by atoms with Crippen molar-refractivity contribution in [1.82, 2.24) is 25.5 Å². The molecule has 4 unspecified atom stereocenters. The molecule has 102 valence electrons. The maximum Gasteiger partial charge on any atom is 0.308 e. The molecule has 2 N–H and O–H groups in total. The summed E-state index contributed by atoms with van der Waals surface area (Å²) in [5.41, 5.74) is 0. The Balaban J connectivity index is 1.65. The summed E-state index contributed by atoms with van der Waals surface area (Å²) in [4.78, 5) is 23.2. The smallest absolute Gasteiger partial charge is 0.308 e. The van der Waals surface area contributed by atoms with E-state index in [0.717, 1.165) is 19.3 Å². The highest BCUT2D eigenvalue weighted by atomic mass is 16.4. The van der Waals surface area contributed by atoms with Crippen molar-refractivity contribution in [2.45, 2.75) is 31.8 Å². The van der Waals surface area contributed by atoms with Crippen LogP contribution in [0.15, 0.2) is 6.33 Å². The Morgan fingerprint density at radius 2 is 2.16 bits per heavy atom. The third-order valence-corrected chi connectivity index (χ3v) is 4.23. The number of aromatic nitrogens is 4. The van der Waals surface area contributed by atoms with Crippen molar-refractivity contribution in [2.75, 3.05) is 0 Å². The molecule has 0 saturated heterocycles. The molecule has 2 saturated carbocycles. The Hall–Kier alpha value is -1.99. The Morgan fingerprint density at radius 1 is 1.37 bits per heavy atom. The van der Waals surface area contributed by atoms with Gasteiger partial charge >= 0.3 is 5.97 Å². The molecular formula is C11H15N5O3. The van der Waals surface area contributed by atoms with Crippen LogP contribution >= 0.6 is 0 Å². The van der Waals surface area contributed by atoms with E-state index in [1.807, 2.05) is 0 Å². The molecule has 0 aliphatic heterocycles. The van der Waals surface area contributed by atoms with Gasteiger partial charge in [0.2, 0.25) is 5.91 Å². The molecule has 1 aromatic rings. The van der Waals surface area contributed by atoms with E-state index in [-0.39, 0.29) is 24.4 Å². The highest BCUT2D eigenvalue weighted by Gasteiger charge is 2.51. The number of aliphatic carboxylic acids is 1. The van der Waals surface area contributed by atoms with E-state index in [0.29, 0.717) is 5.92 Å². The van der Waals surface area contributed by atoms with Crippen LogP contribution in [0.5, 0.6) is 0 Å². The molecule has 2 fully saturated rings. The summed E-state index contributed by atoms with van der Waals surface area (Å²) in [6.07, 6.45) is 4.23.